The largest absolute Gasteiger partial charge is 0.480 e. The van der Waals surface area contributed by atoms with Crippen molar-refractivity contribution in [3.63, 3.8) is 0 Å². The highest BCUT2D eigenvalue weighted by Crippen LogP contribution is 2.36. The molecule has 2 amide bonds. The highest BCUT2D eigenvalue weighted by atomic mass is 16.4. The van der Waals surface area contributed by atoms with E-state index in [1.54, 1.807) is 0 Å². The predicted molar refractivity (Wildman–Crippen MR) is 76.5 cm³/mol. The Hall–Kier alpha value is -1.26. The van der Waals surface area contributed by atoms with Gasteiger partial charge in [-0.2, -0.15) is 0 Å². The first-order chi connectivity index (χ1) is 9.63. The summed E-state index contributed by atoms with van der Waals surface area (Å²) in [4.78, 5) is 25.5. The van der Waals surface area contributed by atoms with Crippen molar-refractivity contribution in [1.82, 2.24) is 10.2 Å². The minimum atomic E-state index is -0.924. The van der Waals surface area contributed by atoms with Gasteiger partial charge in [0.25, 0.3) is 0 Å². The molecule has 1 saturated carbocycles. The van der Waals surface area contributed by atoms with Crippen LogP contribution < -0.4 is 5.32 Å². The third-order valence-corrected chi connectivity index (χ3v) is 4.70. The van der Waals surface area contributed by atoms with Crippen LogP contribution in [0.2, 0.25) is 0 Å². The monoisotopic (exact) mass is 282 g/mol. The number of urea groups is 1. The van der Waals surface area contributed by atoms with E-state index < -0.39 is 12.0 Å². The Morgan fingerprint density at radius 3 is 2.75 bits per heavy atom. The van der Waals surface area contributed by atoms with Crippen molar-refractivity contribution in [3.8, 4) is 0 Å². The van der Waals surface area contributed by atoms with E-state index >= 15 is 0 Å². The highest BCUT2D eigenvalue weighted by molar-refractivity contribution is 5.82. The van der Waals surface area contributed by atoms with Crippen LogP contribution in [-0.4, -0.2) is 40.6 Å². The zero-order chi connectivity index (χ0) is 14.5. The van der Waals surface area contributed by atoms with Crippen LogP contribution in [0.4, 0.5) is 4.79 Å². The summed E-state index contributed by atoms with van der Waals surface area (Å²) in [5.74, 6) is -0.291. The molecule has 0 aromatic rings. The summed E-state index contributed by atoms with van der Waals surface area (Å²) in [5.41, 5.74) is 0. The number of hydrogen-bond donors (Lipinski definition) is 2. The van der Waals surface area contributed by atoms with E-state index in [4.69, 9.17) is 0 Å². The fourth-order valence-electron chi connectivity index (χ4n) is 3.60. The first-order valence-corrected chi connectivity index (χ1v) is 7.93. The van der Waals surface area contributed by atoms with Crippen LogP contribution in [0.3, 0.4) is 0 Å². The number of carbonyl (C=O) groups excluding carboxylic acids is 1. The fourth-order valence-corrected chi connectivity index (χ4v) is 3.60. The second-order valence-corrected chi connectivity index (χ2v) is 6.08. The minimum absolute atomic E-state index is 0.176. The predicted octanol–water partition coefficient (Wildman–Crippen LogP) is 2.60. The quantitative estimate of drug-likeness (QED) is 0.814. The molecule has 0 aromatic heterocycles. The van der Waals surface area contributed by atoms with Crippen LogP contribution in [0.5, 0.6) is 0 Å². The van der Waals surface area contributed by atoms with E-state index in [1.165, 1.54) is 19.3 Å². The van der Waals surface area contributed by atoms with Crippen LogP contribution in [0.1, 0.15) is 58.3 Å². The first-order valence-electron chi connectivity index (χ1n) is 7.93. The van der Waals surface area contributed by atoms with E-state index in [2.05, 4.69) is 5.32 Å². The van der Waals surface area contributed by atoms with Gasteiger partial charge in [-0.1, -0.05) is 26.2 Å². The number of rotatable bonds is 5. The zero-order valence-electron chi connectivity index (χ0n) is 12.3. The van der Waals surface area contributed by atoms with Gasteiger partial charge in [0, 0.05) is 12.6 Å². The second-order valence-electron chi connectivity index (χ2n) is 6.08. The standard InChI is InChI=1S/C15H26N2O3/c1-2-3-8-12(14(18)19)16-15(20)17-10-5-7-11-6-4-9-13(11)17/h11-13H,2-10H2,1H3,(H,16,20)(H,18,19)/t11?,12-,13?/m0/s1. The van der Waals surface area contributed by atoms with E-state index in [9.17, 15) is 14.7 Å². The van der Waals surface area contributed by atoms with Crippen molar-refractivity contribution in [3.05, 3.63) is 0 Å². The Morgan fingerprint density at radius 2 is 2.05 bits per heavy atom. The SMILES string of the molecule is CCCC[C@H](NC(=O)N1CCCC2CCCC21)C(=O)O. The lowest BCUT2D eigenvalue weighted by molar-refractivity contribution is -0.139. The molecule has 0 aromatic carbocycles. The molecule has 0 bridgehead atoms. The number of hydrogen-bond acceptors (Lipinski definition) is 2. The van der Waals surface area contributed by atoms with E-state index in [0.717, 1.165) is 32.2 Å². The van der Waals surface area contributed by atoms with Gasteiger partial charge in [-0.3, -0.25) is 0 Å². The summed E-state index contributed by atoms with van der Waals surface area (Å²) in [6.45, 7) is 2.79. The first kappa shape index (κ1) is 15.1. The average molecular weight is 282 g/mol. The Balaban J connectivity index is 1.93. The summed E-state index contributed by atoms with van der Waals surface area (Å²) in [6.07, 6.45) is 8.01. The van der Waals surface area contributed by atoms with E-state index in [1.807, 2.05) is 11.8 Å². The number of unbranched alkanes of at least 4 members (excludes halogenated alkanes) is 1. The molecule has 1 saturated heterocycles. The molecule has 5 heteroatoms. The number of nitrogens with zero attached hydrogens (tertiary/aromatic N) is 1. The zero-order valence-corrected chi connectivity index (χ0v) is 12.3. The number of piperidine rings is 1. The van der Waals surface area contributed by atoms with E-state index in [0.29, 0.717) is 18.4 Å². The average Bonchev–Trinajstić information content (AvgIpc) is 2.90. The smallest absolute Gasteiger partial charge is 0.326 e. The molecule has 1 aliphatic heterocycles. The van der Waals surface area contributed by atoms with E-state index in [-0.39, 0.29) is 6.03 Å². The Labute approximate surface area is 120 Å². The van der Waals surface area contributed by atoms with Gasteiger partial charge in [0.1, 0.15) is 6.04 Å². The van der Waals surface area contributed by atoms with Crippen molar-refractivity contribution >= 4 is 12.0 Å². The molecule has 0 spiro atoms. The van der Waals surface area contributed by atoms with Gasteiger partial charge in [-0.15, -0.1) is 0 Å². The highest BCUT2D eigenvalue weighted by Gasteiger charge is 2.38. The molecule has 2 fully saturated rings. The molecular weight excluding hydrogens is 256 g/mol. The maximum Gasteiger partial charge on any atom is 0.326 e. The second kappa shape index (κ2) is 6.95. The Morgan fingerprint density at radius 1 is 1.30 bits per heavy atom. The lowest BCUT2D eigenvalue weighted by Gasteiger charge is -2.38. The lowest BCUT2D eigenvalue weighted by Crippen LogP contribution is -2.54. The third-order valence-electron chi connectivity index (χ3n) is 4.70. The number of carbonyl (C=O) groups is 2. The number of aliphatic carboxylic acids is 1. The Bertz CT molecular complexity index is 359. The number of amides is 2. The number of carboxylic acid groups (broad SMARTS) is 1. The third kappa shape index (κ3) is 3.44. The van der Waals surface area contributed by atoms with Crippen LogP contribution in [0.15, 0.2) is 0 Å². The molecule has 2 rings (SSSR count). The number of carboxylic acids is 1. The summed E-state index contributed by atoms with van der Waals surface area (Å²) < 4.78 is 0. The van der Waals surface area contributed by atoms with Gasteiger partial charge in [-0.25, -0.2) is 9.59 Å². The van der Waals surface area contributed by atoms with Gasteiger partial charge in [0.2, 0.25) is 0 Å². The molecule has 0 radical (unpaired) electrons. The molecule has 2 N–H and O–H groups in total. The Kier molecular flexibility index (Phi) is 5.26. The van der Waals surface area contributed by atoms with Crippen molar-refractivity contribution in [2.45, 2.75) is 70.4 Å². The summed E-state index contributed by atoms with van der Waals surface area (Å²) in [5, 5.41) is 11.9. The molecule has 1 aliphatic carbocycles. The lowest BCUT2D eigenvalue weighted by atomic mass is 9.92. The summed E-state index contributed by atoms with van der Waals surface area (Å²) >= 11 is 0. The van der Waals surface area contributed by atoms with Crippen LogP contribution >= 0.6 is 0 Å². The molecule has 1 heterocycles. The molecule has 3 atom stereocenters. The maximum atomic E-state index is 12.4. The maximum absolute atomic E-state index is 12.4. The minimum Gasteiger partial charge on any atom is -0.480 e. The molecule has 20 heavy (non-hydrogen) atoms. The summed E-state index contributed by atoms with van der Waals surface area (Å²) in [6, 6.07) is -0.585. The van der Waals surface area contributed by atoms with Crippen LogP contribution in [-0.2, 0) is 4.79 Å². The number of likely N-dealkylation sites (tertiary alicyclic amines) is 1. The van der Waals surface area contributed by atoms with Crippen molar-refractivity contribution < 1.29 is 14.7 Å². The van der Waals surface area contributed by atoms with Gasteiger partial charge < -0.3 is 15.3 Å². The molecule has 114 valence electrons. The topological polar surface area (TPSA) is 69.6 Å². The van der Waals surface area contributed by atoms with Crippen LogP contribution in [0, 0.1) is 5.92 Å². The summed E-state index contributed by atoms with van der Waals surface area (Å²) in [7, 11) is 0. The van der Waals surface area contributed by atoms with Gasteiger partial charge in [0.15, 0.2) is 0 Å². The molecule has 5 nitrogen and oxygen atoms in total. The van der Waals surface area contributed by atoms with Gasteiger partial charge in [0.05, 0.1) is 0 Å². The molecular formula is C15H26N2O3. The van der Waals surface area contributed by atoms with Crippen LogP contribution in [0.25, 0.3) is 0 Å². The molecule has 2 aliphatic rings. The van der Waals surface area contributed by atoms with Crippen molar-refractivity contribution in [1.29, 1.82) is 0 Å². The fraction of sp³-hybridized carbons (Fsp3) is 0.867. The van der Waals surface area contributed by atoms with Crippen molar-refractivity contribution in [2.75, 3.05) is 6.54 Å². The number of fused-ring (bicyclic) bond motifs is 1. The van der Waals surface area contributed by atoms with Crippen molar-refractivity contribution in [2.24, 2.45) is 5.92 Å². The normalized spacial score (nSPS) is 26.9. The number of nitrogens with one attached hydrogen (secondary N) is 1. The molecule has 2 unspecified atom stereocenters. The van der Waals surface area contributed by atoms with Gasteiger partial charge >= 0.3 is 12.0 Å². The van der Waals surface area contributed by atoms with Gasteiger partial charge in [-0.05, 0) is 38.0 Å².